The summed E-state index contributed by atoms with van der Waals surface area (Å²) >= 11 is 0. The Morgan fingerprint density at radius 1 is 0.935 bits per heavy atom. The monoisotopic (exact) mass is 434 g/mol. The zero-order valence-corrected chi connectivity index (χ0v) is 18.0. The summed E-state index contributed by atoms with van der Waals surface area (Å²) in [5, 5.41) is 0.819. The molecule has 7 heteroatoms. The van der Waals surface area contributed by atoms with Gasteiger partial charge in [-0.2, -0.15) is 0 Å². The first-order valence-electron chi connectivity index (χ1n) is 9.75. The lowest BCUT2D eigenvalue weighted by atomic mass is 10.2. The third-order valence-corrected chi connectivity index (χ3v) is 6.88. The predicted octanol–water partition coefficient (Wildman–Crippen LogP) is 4.44. The fourth-order valence-corrected chi connectivity index (χ4v) is 4.93. The molecule has 1 amide bonds. The predicted molar refractivity (Wildman–Crippen MR) is 121 cm³/mol. The second-order valence-corrected chi connectivity index (χ2v) is 8.92. The van der Waals surface area contributed by atoms with Crippen molar-refractivity contribution in [3.05, 3.63) is 90.6 Å². The first-order chi connectivity index (χ1) is 14.9. The van der Waals surface area contributed by atoms with Gasteiger partial charge in [0.25, 0.3) is 10.0 Å². The number of fused-ring (bicyclic) bond motifs is 1. The lowest BCUT2D eigenvalue weighted by Gasteiger charge is -2.16. The molecule has 1 aromatic heterocycles. The number of carbonyl (C=O) groups is 1. The Hall–Kier alpha value is -3.58. The van der Waals surface area contributed by atoms with Gasteiger partial charge < -0.3 is 9.64 Å². The number of amides is 1. The van der Waals surface area contributed by atoms with Crippen LogP contribution in [-0.4, -0.2) is 25.3 Å². The van der Waals surface area contributed by atoms with Gasteiger partial charge in [0.05, 0.1) is 16.1 Å². The van der Waals surface area contributed by atoms with Crippen molar-refractivity contribution in [1.29, 1.82) is 0 Å². The van der Waals surface area contributed by atoms with Gasteiger partial charge in [-0.3, -0.25) is 4.79 Å². The number of aromatic nitrogens is 1. The normalized spacial score (nSPS) is 11.4. The van der Waals surface area contributed by atoms with Crippen molar-refractivity contribution < 1.29 is 17.9 Å². The van der Waals surface area contributed by atoms with Crippen LogP contribution in [-0.2, 0) is 21.4 Å². The van der Waals surface area contributed by atoms with E-state index < -0.39 is 10.0 Å². The maximum Gasteiger partial charge on any atom is 0.268 e. The summed E-state index contributed by atoms with van der Waals surface area (Å²) in [5.41, 5.74) is 1.87. The Labute approximate surface area is 181 Å². The molecule has 0 aliphatic heterocycles. The number of carbonyl (C=O) groups excluding carboxylic acids is 1. The molecule has 158 valence electrons. The Bertz CT molecular complexity index is 1330. The van der Waals surface area contributed by atoms with Crippen LogP contribution in [0.15, 0.2) is 89.8 Å². The van der Waals surface area contributed by atoms with Crippen molar-refractivity contribution in [3.8, 4) is 5.75 Å². The molecule has 0 unspecified atom stereocenters. The minimum absolute atomic E-state index is 0.0655. The van der Waals surface area contributed by atoms with E-state index in [4.69, 9.17) is 4.74 Å². The smallest absolute Gasteiger partial charge is 0.268 e. The third kappa shape index (κ3) is 4.04. The maximum absolute atomic E-state index is 13.4. The average molecular weight is 435 g/mol. The SMILES string of the molecule is CC(=O)N(C)c1ccc(OCc2cc3ccccc3n2S(=O)(=O)c2ccccc2)cc1. The fraction of sp³-hybridized carbons (Fsp3) is 0.125. The van der Waals surface area contributed by atoms with Crippen LogP contribution in [0.2, 0.25) is 0 Å². The van der Waals surface area contributed by atoms with Crippen molar-refractivity contribution >= 4 is 32.5 Å². The summed E-state index contributed by atoms with van der Waals surface area (Å²) < 4.78 is 34.0. The molecule has 0 N–H and O–H groups in total. The van der Waals surface area contributed by atoms with Crippen molar-refractivity contribution in [2.24, 2.45) is 0 Å². The minimum Gasteiger partial charge on any atom is -0.487 e. The van der Waals surface area contributed by atoms with E-state index in [2.05, 4.69) is 0 Å². The molecule has 4 aromatic rings. The Balaban J connectivity index is 1.67. The first-order valence-corrected chi connectivity index (χ1v) is 11.2. The molecule has 6 nitrogen and oxygen atoms in total. The lowest BCUT2D eigenvalue weighted by Crippen LogP contribution is -2.22. The fourth-order valence-electron chi connectivity index (χ4n) is 3.37. The van der Waals surface area contributed by atoms with E-state index in [0.717, 1.165) is 11.1 Å². The van der Waals surface area contributed by atoms with E-state index in [1.807, 2.05) is 24.3 Å². The quantitative estimate of drug-likeness (QED) is 0.450. The summed E-state index contributed by atoms with van der Waals surface area (Å²) in [6, 6.07) is 24.6. The van der Waals surface area contributed by atoms with Crippen molar-refractivity contribution in [2.75, 3.05) is 11.9 Å². The molecule has 31 heavy (non-hydrogen) atoms. The van der Waals surface area contributed by atoms with Gasteiger partial charge in [0, 0.05) is 25.0 Å². The van der Waals surface area contributed by atoms with E-state index in [0.29, 0.717) is 17.0 Å². The van der Waals surface area contributed by atoms with Gasteiger partial charge >= 0.3 is 0 Å². The summed E-state index contributed by atoms with van der Waals surface area (Å²) in [5.74, 6) is 0.513. The second-order valence-electron chi connectivity index (χ2n) is 7.14. The van der Waals surface area contributed by atoms with Crippen LogP contribution in [0.4, 0.5) is 5.69 Å². The van der Waals surface area contributed by atoms with Gasteiger partial charge in [-0.15, -0.1) is 0 Å². The molecule has 0 fully saturated rings. The number of hydrogen-bond acceptors (Lipinski definition) is 4. The number of anilines is 1. The number of rotatable bonds is 6. The van der Waals surface area contributed by atoms with E-state index in [9.17, 15) is 13.2 Å². The number of nitrogens with zero attached hydrogens (tertiary/aromatic N) is 2. The topological polar surface area (TPSA) is 68.6 Å². The van der Waals surface area contributed by atoms with Gasteiger partial charge in [0.2, 0.25) is 5.91 Å². The molecule has 1 heterocycles. The zero-order chi connectivity index (χ0) is 22.0. The Morgan fingerprint density at radius 2 is 1.58 bits per heavy atom. The van der Waals surface area contributed by atoms with Crippen LogP contribution in [0.3, 0.4) is 0 Å². The number of ether oxygens (including phenoxy) is 1. The van der Waals surface area contributed by atoms with Crippen LogP contribution in [0.5, 0.6) is 5.75 Å². The Kier molecular flexibility index (Phi) is 5.52. The lowest BCUT2D eigenvalue weighted by molar-refractivity contribution is -0.116. The van der Waals surface area contributed by atoms with E-state index in [1.54, 1.807) is 67.7 Å². The molecule has 0 bridgehead atoms. The maximum atomic E-state index is 13.4. The van der Waals surface area contributed by atoms with E-state index >= 15 is 0 Å². The molecule has 3 aromatic carbocycles. The van der Waals surface area contributed by atoms with Crippen LogP contribution in [0.25, 0.3) is 10.9 Å². The summed E-state index contributed by atoms with van der Waals surface area (Å²) in [7, 11) is -2.09. The second kappa shape index (κ2) is 8.28. The third-order valence-electron chi connectivity index (χ3n) is 5.10. The minimum atomic E-state index is -3.79. The number of benzene rings is 3. The molecule has 0 saturated heterocycles. The van der Waals surface area contributed by atoms with Crippen molar-refractivity contribution in [3.63, 3.8) is 0 Å². The van der Waals surface area contributed by atoms with Crippen LogP contribution in [0.1, 0.15) is 12.6 Å². The largest absolute Gasteiger partial charge is 0.487 e. The van der Waals surface area contributed by atoms with Gasteiger partial charge in [-0.1, -0.05) is 36.4 Å². The standard InChI is InChI=1S/C24H22N2O4S/c1-18(27)25(2)20-12-14-22(15-13-20)30-17-21-16-19-8-6-7-11-24(19)26(21)31(28,29)23-9-4-3-5-10-23/h3-16H,17H2,1-2H3. The molecule has 4 rings (SSSR count). The molecular formula is C24H22N2O4S. The number of para-hydroxylation sites is 1. The van der Waals surface area contributed by atoms with Crippen LogP contribution < -0.4 is 9.64 Å². The van der Waals surface area contributed by atoms with E-state index in [1.165, 1.54) is 15.8 Å². The molecule has 0 aliphatic rings. The molecule has 0 spiro atoms. The van der Waals surface area contributed by atoms with Crippen molar-refractivity contribution in [1.82, 2.24) is 3.97 Å². The summed E-state index contributed by atoms with van der Waals surface area (Å²) in [6.07, 6.45) is 0. The van der Waals surface area contributed by atoms with Crippen LogP contribution in [0, 0.1) is 0 Å². The molecule has 0 atom stereocenters. The Morgan fingerprint density at radius 3 is 2.26 bits per heavy atom. The molecule has 0 saturated carbocycles. The van der Waals surface area contributed by atoms with Gasteiger partial charge in [0.15, 0.2) is 0 Å². The van der Waals surface area contributed by atoms with Crippen LogP contribution >= 0.6 is 0 Å². The highest BCUT2D eigenvalue weighted by atomic mass is 32.2. The number of hydrogen-bond donors (Lipinski definition) is 0. The highest BCUT2D eigenvalue weighted by Gasteiger charge is 2.23. The van der Waals surface area contributed by atoms with Gasteiger partial charge in [-0.25, -0.2) is 12.4 Å². The first kappa shape index (κ1) is 20.7. The molecule has 0 aliphatic carbocycles. The van der Waals surface area contributed by atoms with E-state index in [-0.39, 0.29) is 17.4 Å². The average Bonchev–Trinajstić information content (AvgIpc) is 3.17. The zero-order valence-electron chi connectivity index (χ0n) is 17.2. The molecule has 0 radical (unpaired) electrons. The highest BCUT2D eigenvalue weighted by Crippen LogP contribution is 2.27. The summed E-state index contributed by atoms with van der Waals surface area (Å²) in [4.78, 5) is 13.3. The van der Waals surface area contributed by atoms with Gasteiger partial charge in [-0.05, 0) is 48.5 Å². The highest BCUT2D eigenvalue weighted by molar-refractivity contribution is 7.90. The van der Waals surface area contributed by atoms with Gasteiger partial charge in [0.1, 0.15) is 12.4 Å². The van der Waals surface area contributed by atoms with Crippen molar-refractivity contribution in [2.45, 2.75) is 18.4 Å². The molecular weight excluding hydrogens is 412 g/mol. The summed E-state index contributed by atoms with van der Waals surface area (Å²) in [6.45, 7) is 1.57.